The summed E-state index contributed by atoms with van der Waals surface area (Å²) in [5.41, 5.74) is 0.473. The molecule has 0 heterocycles. The molecule has 1 rings (SSSR count). The molecular weight excluding hydrogens is 166 g/mol. The Labute approximate surface area is 76.8 Å². The molecule has 0 aromatic heterocycles. The van der Waals surface area contributed by atoms with E-state index in [0.29, 0.717) is 12.0 Å². The van der Waals surface area contributed by atoms with Crippen LogP contribution in [0.25, 0.3) is 0 Å². The number of nitrogens with one attached hydrogen (secondary N) is 1. The summed E-state index contributed by atoms with van der Waals surface area (Å²) >= 11 is 0. The van der Waals surface area contributed by atoms with Gasteiger partial charge in [-0.3, -0.25) is 14.9 Å². The maximum Gasteiger partial charge on any atom is 0.257 e. The van der Waals surface area contributed by atoms with Gasteiger partial charge in [-0.05, 0) is 18.2 Å². The zero-order chi connectivity index (χ0) is 9.68. The zero-order valence-electron chi connectivity index (χ0n) is 7.33. The van der Waals surface area contributed by atoms with Crippen LogP contribution in [0.1, 0.15) is 23.7 Å². The van der Waals surface area contributed by atoms with Crippen molar-refractivity contribution < 1.29 is 9.59 Å². The fourth-order valence-electron chi connectivity index (χ4n) is 0.825. The molecule has 3 heteroatoms. The lowest BCUT2D eigenvalue weighted by Crippen LogP contribution is -2.29. The Morgan fingerprint density at radius 3 is 2.54 bits per heavy atom. The molecule has 1 aromatic rings. The van der Waals surface area contributed by atoms with Crippen LogP contribution in [0.3, 0.4) is 0 Å². The molecule has 0 fully saturated rings. The second-order valence-corrected chi connectivity index (χ2v) is 2.52. The summed E-state index contributed by atoms with van der Waals surface area (Å²) in [5.74, 6) is -0.626. The maximum absolute atomic E-state index is 11.3. The van der Waals surface area contributed by atoms with E-state index in [1.165, 1.54) is 0 Å². The first-order valence-electron chi connectivity index (χ1n) is 4.04. The first-order chi connectivity index (χ1) is 6.24. The minimum Gasteiger partial charge on any atom is -0.292 e. The predicted molar refractivity (Wildman–Crippen MR) is 48.0 cm³/mol. The van der Waals surface area contributed by atoms with Gasteiger partial charge in [0.15, 0.2) is 0 Å². The molecule has 0 aliphatic rings. The molecule has 2 amide bonds. The summed E-state index contributed by atoms with van der Waals surface area (Å²) in [4.78, 5) is 22.1. The number of imide groups is 1. The standard InChI is InChI=1S/C10H10NO2/c1-2-9(12)11-10(13)8-6-4-3-5-7-8/h4-7H,2H2,1H3,(H,11,12,13). The molecule has 1 radical (unpaired) electrons. The Bertz CT molecular complexity index is 306. The van der Waals surface area contributed by atoms with E-state index in [4.69, 9.17) is 0 Å². The molecule has 13 heavy (non-hydrogen) atoms. The normalized spacial score (nSPS) is 9.31. The number of rotatable bonds is 2. The Hall–Kier alpha value is -1.64. The highest BCUT2D eigenvalue weighted by molar-refractivity contribution is 6.04. The summed E-state index contributed by atoms with van der Waals surface area (Å²) in [7, 11) is 0. The zero-order valence-corrected chi connectivity index (χ0v) is 7.33. The van der Waals surface area contributed by atoms with Gasteiger partial charge in [-0.25, -0.2) is 0 Å². The van der Waals surface area contributed by atoms with Crippen molar-refractivity contribution in [1.29, 1.82) is 0 Å². The van der Waals surface area contributed by atoms with Crippen molar-refractivity contribution in [2.45, 2.75) is 13.3 Å². The molecule has 1 aromatic carbocycles. The van der Waals surface area contributed by atoms with Crippen LogP contribution in [0.2, 0.25) is 0 Å². The van der Waals surface area contributed by atoms with Crippen LogP contribution in [0.4, 0.5) is 0 Å². The quantitative estimate of drug-likeness (QED) is 0.734. The van der Waals surface area contributed by atoms with Crippen LogP contribution < -0.4 is 5.32 Å². The van der Waals surface area contributed by atoms with Crippen molar-refractivity contribution in [2.24, 2.45) is 0 Å². The average Bonchev–Trinajstić information content (AvgIpc) is 2.19. The van der Waals surface area contributed by atoms with Gasteiger partial charge in [0.05, 0.1) is 0 Å². The topological polar surface area (TPSA) is 46.2 Å². The highest BCUT2D eigenvalue weighted by Crippen LogP contribution is 1.97. The third-order valence-corrected chi connectivity index (χ3v) is 1.55. The van der Waals surface area contributed by atoms with Crippen molar-refractivity contribution in [1.82, 2.24) is 5.32 Å². The average molecular weight is 176 g/mol. The molecule has 0 saturated heterocycles. The Balaban J connectivity index is 2.65. The van der Waals surface area contributed by atoms with Gasteiger partial charge in [-0.15, -0.1) is 0 Å². The van der Waals surface area contributed by atoms with Crippen LogP contribution >= 0.6 is 0 Å². The SMILES string of the molecule is CCC(=O)NC(=O)c1cc[c]cc1. The van der Waals surface area contributed by atoms with Crippen LogP contribution in [-0.2, 0) is 4.79 Å². The van der Waals surface area contributed by atoms with Crippen LogP contribution in [-0.4, -0.2) is 11.8 Å². The Morgan fingerprint density at radius 1 is 1.38 bits per heavy atom. The van der Waals surface area contributed by atoms with E-state index in [1.54, 1.807) is 31.2 Å². The van der Waals surface area contributed by atoms with Gasteiger partial charge >= 0.3 is 0 Å². The van der Waals surface area contributed by atoms with Gasteiger partial charge in [0, 0.05) is 12.0 Å². The first kappa shape index (κ1) is 9.45. The van der Waals surface area contributed by atoms with Crippen molar-refractivity contribution in [2.75, 3.05) is 0 Å². The van der Waals surface area contributed by atoms with E-state index in [1.807, 2.05) is 0 Å². The fourth-order valence-corrected chi connectivity index (χ4v) is 0.825. The number of carbonyl (C=O) groups is 2. The molecule has 0 aliphatic heterocycles. The molecule has 0 saturated carbocycles. The number of hydrogen-bond acceptors (Lipinski definition) is 2. The number of carbonyl (C=O) groups excluding carboxylic acids is 2. The van der Waals surface area contributed by atoms with Crippen LogP contribution in [0.5, 0.6) is 0 Å². The summed E-state index contributed by atoms with van der Waals surface area (Å²) in [6.07, 6.45) is 0.310. The lowest BCUT2D eigenvalue weighted by Gasteiger charge is -2.00. The van der Waals surface area contributed by atoms with Crippen molar-refractivity contribution >= 4 is 11.8 Å². The molecule has 0 atom stereocenters. The molecule has 0 unspecified atom stereocenters. The number of amides is 2. The fraction of sp³-hybridized carbons (Fsp3) is 0.200. The highest BCUT2D eigenvalue weighted by Gasteiger charge is 2.06. The van der Waals surface area contributed by atoms with Crippen molar-refractivity contribution in [3.05, 3.63) is 35.9 Å². The monoisotopic (exact) mass is 176 g/mol. The van der Waals surface area contributed by atoms with Crippen molar-refractivity contribution in [3.63, 3.8) is 0 Å². The minimum atomic E-state index is -0.360. The van der Waals surface area contributed by atoms with Gasteiger partial charge in [0.2, 0.25) is 5.91 Å². The van der Waals surface area contributed by atoms with E-state index < -0.39 is 0 Å². The summed E-state index contributed by atoms with van der Waals surface area (Å²) in [6.45, 7) is 1.70. The van der Waals surface area contributed by atoms with E-state index in [9.17, 15) is 9.59 Å². The molecule has 0 bridgehead atoms. The Morgan fingerprint density at radius 2 is 2.00 bits per heavy atom. The summed E-state index contributed by atoms with van der Waals surface area (Å²) in [6, 6.07) is 9.27. The first-order valence-corrected chi connectivity index (χ1v) is 4.04. The molecule has 3 nitrogen and oxygen atoms in total. The number of hydrogen-bond donors (Lipinski definition) is 1. The smallest absolute Gasteiger partial charge is 0.257 e. The van der Waals surface area contributed by atoms with Crippen molar-refractivity contribution in [3.8, 4) is 0 Å². The van der Waals surface area contributed by atoms with Crippen LogP contribution in [0.15, 0.2) is 24.3 Å². The molecular formula is C10H10NO2. The summed E-state index contributed by atoms with van der Waals surface area (Å²) < 4.78 is 0. The predicted octanol–water partition coefficient (Wildman–Crippen LogP) is 1.15. The second-order valence-electron chi connectivity index (χ2n) is 2.52. The molecule has 0 spiro atoms. The third kappa shape index (κ3) is 2.71. The molecule has 67 valence electrons. The lowest BCUT2D eigenvalue weighted by atomic mass is 10.2. The number of benzene rings is 1. The largest absolute Gasteiger partial charge is 0.292 e. The molecule has 1 N–H and O–H groups in total. The van der Waals surface area contributed by atoms with Gasteiger partial charge in [-0.2, -0.15) is 0 Å². The second kappa shape index (κ2) is 4.40. The van der Waals surface area contributed by atoms with E-state index in [2.05, 4.69) is 11.4 Å². The van der Waals surface area contributed by atoms with Gasteiger partial charge in [0.25, 0.3) is 5.91 Å². The maximum atomic E-state index is 11.3. The third-order valence-electron chi connectivity index (χ3n) is 1.55. The minimum absolute atomic E-state index is 0.266. The van der Waals surface area contributed by atoms with Gasteiger partial charge in [-0.1, -0.05) is 19.1 Å². The molecule has 0 aliphatic carbocycles. The lowest BCUT2D eigenvalue weighted by molar-refractivity contribution is -0.119. The van der Waals surface area contributed by atoms with Gasteiger partial charge in [0.1, 0.15) is 0 Å². The van der Waals surface area contributed by atoms with Crippen LogP contribution in [0, 0.1) is 6.07 Å². The van der Waals surface area contributed by atoms with E-state index in [-0.39, 0.29) is 11.8 Å². The van der Waals surface area contributed by atoms with E-state index >= 15 is 0 Å². The highest BCUT2D eigenvalue weighted by atomic mass is 16.2. The van der Waals surface area contributed by atoms with E-state index in [0.717, 1.165) is 0 Å². The van der Waals surface area contributed by atoms with Gasteiger partial charge < -0.3 is 0 Å². The summed E-state index contributed by atoms with van der Waals surface area (Å²) in [5, 5.41) is 2.25. The Kier molecular flexibility index (Phi) is 3.20.